The normalized spacial score (nSPS) is 15.1. The van der Waals surface area contributed by atoms with Crippen LogP contribution < -0.4 is 5.32 Å². The van der Waals surface area contributed by atoms with Gasteiger partial charge in [-0.2, -0.15) is 0 Å². The molecule has 1 N–H and O–H groups in total. The number of nitrogens with zero attached hydrogens (tertiary/aromatic N) is 2. The van der Waals surface area contributed by atoms with E-state index in [1.54, 1.807) is 14.0 Å². The number of likely N-dealkylation sites (N-methyl/N-ethyl adjacent to an activating group) is 1. The number of imide groups is 1. The molecule has 9 heteroatoms. The van der Waals surface area contributed by atoms with Crippen LogP contribution in [0.4, 0.5) is 4.79 Å². The summed E-state index contributed by atoms with van der Waals surface area (Å²) >= 11 is 0. The highest BCUT2D eigenvalue weighted by Gasteiger charge is 2.32. The van der Waals surface area contributed by atoms with Crippen molar-refractivity contribution >= 4 is 34.8 Å². The van der Waals surface area contributed by atoms with Crippen molar-refractivity contribution in [3.8, 4) is 0 Å². The van der Waals surface area contributed by atoms with E-state index in [9.17, 15) is 19.2 Å². The summed E-state index contributed by atoms with van der Waals surface area (Å²) in [6, 6.07) is 8.63. The number of fused-ring (bicyclic) bond motifs is 1. The van der Waals surface area contributed by atoms with Gasteiger partial charge in [-0.1, -0.05) is 18.2 Å². The first-order chi connectivity index (χ1) is 13.8. The van der Waals surface area contributed by atoms with Gasteiger partial charge in [0.25, 0.3) is 5.91 Å². The molecule has 1 aliphatic heterocycles. The molecule has 154 valence electrons. The molecule has 1 saturated heterocycles. The minimum Gasteiger partial charge on any atom is -0.459 e. The molecule has 0 unspecified atom stereocenters. The van der Waals surface area contributed by atoms with Gasteiger partial charge in [-0.25, -0.2) is 4.79 Å². The van der Waals surface area contributed by atoms with Crippen LogP contribution in [0, 0.1) is 0 Å². The number of amides is 4. The second-order valence-corrected chi connectivity index (χ2v) is 6.92. The molecule has 1 aromatic carbocycles. The second kappa shape index (κ2) is 8.76. The van der Waals surface area contributed by atoms with Gasteiger partial charge in [0.1, 0.15) is 17.9 Å². The number of benzene rings is 1. The van der Waals surface area contributed by atoms with Crippen molar-refractivity contribution in [2.24, 2.45) is 0 Å². The summed E-state index contributed by atoms with van der Waals surface area (Å²) in [4.78, 5) is 49.6. The largest absolute Gasteiger partial charge is 0.459 e. The third-order valence-electron chi connectivity index (χ3n) is 4.61. The molecule has 0 bridgehead atoms. The lowest BCUT2D eigenvalue weighted by Crippen LogP contribution is -2.33. The molecule has 1 aliphatic rings. The zero-order valence-electron chi connectivity index (χ0n) is 16.3. The van der Waals surface area contributed by atoms with Crippen LogP contribution in [0.5, 0.6) is 0 Å². The van der Waals surface area contributed by atoms with E-state index in [2.05, 4.69) is 5.32 Å². The van der Waals surface area contributed by atoms with E-state index in [4.69, 9.17) is 9.15 Å². The Morgan fingerprint density at radius 1 is 1.28 bits per heavy atom. The van der Waals surface area contributed by atoms with Gasteiger partial charge in [-0.05, 0) is 25.5 Å². The van der Waals surface area contributed by atoms with Crippen molar-refractivity contribution < 1.29 is 28.3 Å². The number of nitrogens with one attached hydrogen (secondary N) is 1. The van der Waals surface area contributed by atoms with Crippen molar-refractivity contribution in [1.82, 2.24) is 15.1 Å². The second-order valence-electron chi connectivity index (χ2n) is 6.92. The average Bonchev–Trinajstić information content (AvgIpc) is 3.22. The third kappa shape index (κ3) is 4.92. The first-order valence-corrected chi connectivity index (χ1v) is 9.34. The highest BCUT2D eigenvalue weighted by Crippen LogP contribution is 2.23. The Hall–Kier alpha value is -3.36. The lowest BCUT2D eigenvalue weighted by atomic mass is 10.2. The van der Waals surface area contributed by atoms with Gasteiger partial charge in [0.2, 0.25) is 5.91 Å². The topological polar surface area (TPSA) is 109 Å². The maximum atomic E-state index is 12.0. The zero-order valence-corrected chi connectivity index (χ0v) is 16.3. The first-order valence-electron chi connectivity index (χ1n) is 9.34. The number of carbonyl (C=O) groups is 4. The summed E-state index contributed by atoms with van der Waals surface area (Å²) in [5, 5.41) is 3.66. The number of hydrogen-bond donors (Lipinski definition) is 1. The standard InChI is InChI=1S/C20H23N3O6/c1-13(16-10-14-6-3-4-7-15(14)29-16)21-17(24)12-28-19(26)8-5-9-23-18(25)11-22(2)20(23)27/h3-4,6-7,10,13H,5,8-9,11-12H2,1-2H3,(H,21,24)/t13-/m0/s1. The molecule has 1 fully saturated rings. The number of esters is 1. The maximum absolute atomic E-state index is 12.0. The number of carbonyl (C=O) groups excluding carboxylic acids is 4. The maximum Gasteiger partial charge on any atom is 0.326 e. The fourth-order valence-corrected chi connectivity index (χ4v) is 3.06. The lowest BCUT2D eigenvalue weighted by Gasteiger charge is -2.14. The number of hydrogen-bond acceptors (Lipinski definition) is 6. The Kier molecular flexibility index (Phi) is 6.16. The van der Waals surface area contributed by atoms with E-state index in [1.165, 1.54) is 4.90 Å². The molecule has 2 heterocycles. The SMILES string of the molecule is C[C@H](NC(=O)COC(=O)CCCN1C(=O)CN(C)C1=O)c1cc2ccccc2o1. The Balaban J connectivity index is 1.38. The zero-order chi connectivity index (χ0) is 21.0. The van der Waals surface area contributed by atoms with Crippen LogP contribution in [0.25, 0.3) is 11.0 Å². The summed E-state index contributed by atoms with van der Waals surface area (Å²) in [5.41, 5.74) is 0.733. The Labute approximate surface area is 167 Å². The van der Waals surface area contributed by atoms with Gasteiger partial charge in [0.15, 0.2) is 6.61 Å². The summed E-state index contributed by atoms with van der Waals surface area (Å²) < 4.78 is 10.7. The average molecular weight is 401 g/mol. The quantitative estimate of drug-likeness (QED) is 0.534. The Morgan fingerprint density at radius 2 is 2.03 bits per heavy atom. The first kappa shape index (κ1) is 20.4. The van der Waals surface area contributed by atoms with Gasteiger partial charge in [0.05, 0.1) is 6.04 Å². The molecule has 3 rings (SSSR count). The van der Waals surface area contributed by atoms with E-state index in [1.807, 2.05) is 30.3 Å². The summed E-state index contributed by atoms with van der Waals surface area (Å²) in [6.45, 7) is 1.56. The molecule has 4 amide bonds. The summed E-state index contributed by atoms with van der Waals surface area (Å²) in [7, 11) is 1.54. The van der Waals surface area contributed by atoms with Crippen molar-refractivity contribution in [3.05, 3.63) is 36.1 Å². The van der Waals surface area contributed by atoms with Crippen LogP contribution in [-0.2, 0) is 19.1 Å². The Bertz CT molecular complexity index is 904. The number of para-hydroxylation sites is 1. The highest BCUT2D eigenvalue weighted by molar-refractivity contribution is 6.01. The number of furan rings is 1. The molecule has 29 heavy (non-hydrogen) atoms. The van der Waals surface area contributed by atoms with Crippen LogP contribution in [-0.4, -0.2) is 60.4 Å². The van der Waals surface area contributed by atoms with Gasteiger partial charge in [0, 0.05) is 25.4 Å². The van der Waals surface area contributed by atoms with Gasteiger partial charge in [-0.15, -0.1) is 0 Å². The van der Waals surface area contributed by atoms with Crippen LogP contribution in [0.1, 0.15) is 31.6 Å². The molecule has 1 atom stereocenters. The van der Waals surface area contributed by atoms with E-state index in [0.717, 1.165) is 15.9 Å². The summed E-state index contributed by atoms with van der Waals surface area (Å²) in [5.74, 6) is -0.692. The number of rotatable bonds is 8. The van der Waals surface area contributed by atoms with E-state index >= 15 is 0 Å². The molecule has 0 radical (unpaired) electrons. The minimum atomic E-state index is -0.566. The molecule has 9 nitrogen and oxygen atoms in total. The van der Waals surface area contributed by atoms with Crippen molar-refractivity contribution in [3.63, 3.8) is 0 Å². The minimum absolute atomic E-state index is 0.00712. The fraction of sp³-hybridized carbons (Fsp3) is 0.400. The van der Waals surface area contributed by atoms with E-state index < -0.39 is 18.5 Å². The van der Waals surface area contributed by atoms with Crippen LogP contribution >= 0.6 is 0 Å². The van der Waals surface area contributed by atoms with Crippen LogP contribution in [0.15, 0.2) is 34.7 Å². The van der Waals surface area contributed by atoms with Crippen LogP contribution in [0.3, 0.4) is 0 Å². The van der Waals surface area contributed by atoms with Gasteiger partial charge < -0.3 is 19.4 Å². The van der Waals surface area contributed by atoms with E-state index in [0.29, 0.717) is 5.76 Å². The summed E-state index contributed by atoms with van der Waals surface area (Å²) in [6.07, 6.45) is 0.286. The number of urea groups is 1. The van der Waals surface area contributed by atoms with Crippen molar-refractivity contribution in [2.45, 2.75) is 25.8 Å². The predicted molar refractivity (Wildman–Crippen MR) is 103 cm³/mol. The van der Waals surface area contributed by atoms with Gasteiger partial charge in [-0.3, -0.25) is 19.3 Å². The molecule has 2 aromatic rings. The monoisotopic (exact) mass is 401 g/mol. The van der Waals surface area contributed by atoms with Gasteiger partial charge >= 0.3 is 12.0 Å². The van der Waals surface area contributed by atoms with Crippen LogP contribution in [0.2, 0.25) is 0 Å². The third-order valence-corrected chi connectivity index (χ3v) is 4.61. The molecule has 0 aliphatic carbocycles. The molecule has 0 spiro atoms. The smallest absolute Gasteiger partial charge is 0.326 e. The number of ether oxygens (including phenoxy) is 1. The molecule has 0 saturated carbocycles. The van der Waals surface area contributed by atoms with Crippen molar-refractivity contribution in [1.29, 1.82) is 0 Å². The molecule has 1 aromatic heterocycles. The molecular formula is C20H23N3O6. The van der Waals surface area contributed by atoms with E-state index in [-0.39, 0.29) is 43.9 Å². The molecular weight excluding hydrogens is 378 g/mol. The highest BCUT2D eigenvalue weighted by atomic mass is 16.5. The fourth-order valence-electron chi connectivity index (χ4n) is 3.06. The lowest BCUT2D eigenvalue weighted by molar-refractivity contribution is -0.149. The predicted octanol–water partition coefficient (Wildman–Crippen LogP) is 1.83. The van der Waals surface area contributed by atoms with Crippen molar-refractivity contribution in [2.75, 3.05) is 26.7 Å². The Morgan fingerprint density at radius 3 is 2.72 bits per heavy atom.